The Morgan fingerprint density at radius 3 is 3.17 bits per heavy atom. The summed E-state index contributed by atoms with van der Waals surface area (Å²) in [6.07, 6.45) is 4.55. The van der Waals surface area contributed by atoms with Crippen LogP contribution in [0.3, 0.4) is 0 Å². The Bertz CT molecular complexity index is 380. The number of nitrogens with zero attached hydrogens (tertiary/aromatic N) is 1. The number of aromatic nitrogens is 1. The molecule has 1 aromatic rings. The van der Waals surface area contributed by atoms with Crippen molar-refractivity contribution in [3.63, 3.8) is 0 Å². The van der Waals surface area contributed by atoms with Crippen LogP contribution in [-0.4, -0.2) is 23.5 Å². The van der Waals surface area contributed by atoms with Crippen LogP contribution in [0.4, 0.5) is 0 Å². The number of amides is 1. The maximum atomic E-state index is 12.2. The second-order valence-corrected chi connectivity index (χ2v) is 5.84. The van der Waals surface area contributed by atoms with Gasteiger partial charge in [0.05, 0.1) is 6.04 Å². The fourth-order valence-electron chi connectivity index (χ4n) is 2.40. The monoisotopic (exact) mass is 267 g/mol. The van der Waals surface area contributed by atoms with Crippen LogP contribution in [0.15, 0.2) is 11.6 Å². The van der Waals surface area contributed by atoms with Gasteiger partial charge in [-0.3, -0.25) is 4.79 Å². The fourth-order valence-corrected chi connectivity index (χ4v) is 3.18. The van der Waals surface area contributed by atoms with Crippen LogP contribution in [0.2, 0.25) is 0 Å². The van der Waals surface area contributed by atoms with E-state index in [1.54, 1.807) is 17.5 Å². The van der Waals surface area contributed by atoms with E-state index in [4.69, 9.17) is 0 Å². The molecule has 0 radical (unpaired) electrons. The van der Waals surface area contributed by atoms with Gasteiger partial charge in [0.1, 0.15) is 5.01 Å². The zero-order valence-corrected chi connectivity index (χ0v) is 11.8. The van der Waals surface area contributed by atoms with E-state index in [2.05, 4.69) is 29.5 Å². The fraction of sp³-hybridized carbons (Fsp3) is 0.692. The number of thiazole rings is 1. The molecule has 2 heterocycles. The summed E-state index contributed by atoms with van der Waals surface area (Å²) in [4.78, 5) is 16.5. The molecule has 2 N–H and O–H groups in total. The van der Waals surface area contributed by atoms with Crippen molar-refractivity contribution in [2.75, 3.05) is 6.54 Å². The van der Waals surface area contributed by atoms with E-state index in [0.29, 0.717) is 6.04 Å². The van der Waals surface area contributed by atoms with Crippen molar-refractivity contribution >= 4 is 17.2 Å². The standard InChI is InChI=1S/C13H21N3OS/c1-3-11(13-15-6-7-18-13)16-12(17)10-4-5-14-9(2)8-10/h6-7,9-11,14H,3-5,8H2,1-2H3,(H,16,17)/t9-,10-,11?/m0/s1. The summed E-state index contributed by atoms with van der Waals surface area (Å²) in [6.45, 7) is 5.16. The first-order valence-corrected chi connectivity index (χ1v) is 7.51. The smallest absolute Gasteiger partial charge is 0.223 e. The third-order valence-corrected chi connectivity index (χ3v) is 4.36. The van der Waals surface area contributed by atoms with Crippen molar-refractivity contribution < 1.29 is 4.79 Å². The van der Waals surface area contributed by atoms with Crippen LogP contribution in [0.1, 0.15) is 44.2 Å². The third-order valence-electron chi connectivity index (χ3n) is 3.47. The van der Waals surface area contributed by atoms with Crippen molar-refractivity contribution in [2.24, 2.45) is 5.92 Å². The van der Waals surface area contributed by atoms with Crippen LogP contribution in [0.5, 0.6) is 0 Å². The number of rotatable bonds is 4. The molecule has 4 nitrogen and oxygen atoms in total. The molecule has 18 heavy (non-hydrogen) atoms. The second kappa shape index (κ2) is 6.29. The van der Waals surface area contributed by atoms with Crippen molar-refractivity contribution in [1.82, 2.24) is 15.6 Å². The summed E-state index contributed by atoms with van der Waals surface area (Å²) in [6, 6.07) is 0.511. The Kier molecular flexibility index (Phi) is 4.72. The normalized spacial score (nSPS) is 25.7. The van der Waals surface area contributed by atoms with Gasteiger partial charge in [-0.25, -0.2) is 4.98 Å². The number of piperidine rings is 1. The maximum absolute atomic E-state index is 12.2. The van der Waals surface area contributed by atoms with Gasteiger partial charge < -0.3 is 10.6 Å². The van der Waals surface area contributed by atoms with Gasteiger partial charge in [0.2, 0.25) is 5.91 Å². The molecule has 100 valence electrons. The lowest BCUT2D eigenvalue weighted by Crippen LogP contribution is -2.43. The van der Waals surface area contributed by atoms with Crippen molar-refractivity contribution in [2.45, 2.75) is 45.2 Å². The minimum absolute atomic E-state index is 0.0719. The quantitative estimate of drug-likeness (QED) is 0.878. The predicted molar refractivity (Wildman–Crippen MR) is 73.5 cm³/mol. The van der Waals surface area contributed by atoms with Crippen LogP contribution in [0, 0.1) is 5.92 Å². The Balaban J connectivity index is 1.93. The first-order chi connectivity index (χ1) is 8.70. The first-order valence-electron chi connectivity index (χ1n) is 6.63. The molecule has 1 fully saturated rings. The van der Waals surface area contributed by atoms with Crippen LogP contribution >= 0.6 is 11.3 Å². The molecule has 0 aromatic carbocycles. The van der Waals surface area contributed by atoms with Crippen LogP contribution in [0.25, 0.3) is 0 Å². The summed E-state index contributed by atoms with van der Waals surface area (Å²) < 4.78 is 0. The van der Waals surface area contributed by atoms with Gasteiger partial charge in [0.25, 0.3) is 0 Å². The number of carbonyl (C=O) groups excluding carboxylic acids is 1. The zero-order chi connectivity index (χ0) is 13.0. The molecule has 3 atom stereocenters. The molecule has 0 saturated carbocycles. The highest BCUT2D eigenvalue weighted by molar-refractivity contribution is 7.09. The van der Waals surface area contributed by atoms with E-state index >= 15 is 0 Å². The lowest BCUT2D eigenvalue weighted by Gasteiger charge is -2.28. The summed E-state index contributed by atoms with van der Waals surface area (Å²) in [7, 11) is 0. The SMILES string of the molecule is CCC(NC(=O)[C@H]1CCN[C@@H](C)C1)c1nccs1. The number of nitrogens with one attached hydrogen (secondary N) is 2. The minimum atomic E-state index is 0.0719. The van der Waals surface area contributed by atoms with E-state index in [-0.39, 0.29) is 17.9 Å². The molecule has 1 aliphatic heterocycles. The van der Waals surface area contributed by atoms with Gasteiger partial charge in [-0.1, -0.05) is 6.92 Å². The molecule has 0 spiro atoms. The van der Waals surface area contributed by atoms with Crippen molar-refractivity contribution in [3.05, 3.63) is 16.6 Å². The Morgan fingerprint density at radius 2 is 2.56 bits per heavy atom. The van der Waals surface area contributed by atoms with Gasteiger partial charge in [-0.05, 0) is 32.7 Å². The van der Waals surface area contributed by atoms with Crippen LogP contribution in [-0.2, 0) is 4.79 Å². The van der Waals surface area contributed by atoms with Crippen LogP contribution < -0.4 is 10.6 Å². The lowest BCUT2D eigenvalue weighted by molar-refractivity contribution is -0.126. The molecule has 0 bridgehead atoms. The molecule has 2 rings (SSSR count). The van der Waals surface area contributed by atoms with E-state index in [1.807, 2.05) is 5.38 Å². The molecule has 1 amide bonds. The number of carbonyl (C=O) groups is 1. The van der Waals surface area contributed by atoms with Gasteiger partial charge in [0, 0.05) is 23.5 Å². The Labute approximate surface area is 112 Å². The average molecular weight is 267 g/mol. The summed E-state index contributed by atoms with van der Waals surface area (Å²) >= 11 is 1.61. The summed E-state index contributed by atoms with van der Waals surface area (Å²) in [5.74, 6) is 0.334. The Morgan fingerprint density at radius 1 is 1.72 bits per heavy atom. The minimum Gasteiger partial charge on any atom is -0.347 e. The highest BCUT2D eigenvalue weighted by Crippen LogP contribution is 2.22. The van der Waals surface area contributed by atoms with E-state index in [1.165, 1.54) is 0 Å². The van der Waals surface area contributed by atoms with E-state index < -0.39 is 0 Å². The Hall–Kier alpha value is -0.940. The topological polar surface area (TPSA) is 54.0 Å². The molecule has 5 heteroatoms. The van der Waals surface area contributed by atoms with Crippen molar-refractivity contribution in [1.29, 1.82) is 0 Å². The van der Waals surface area contributed by atoms with Gasteiger partial charge in [-0.15, -0.1) is 11.3 Å². The van der Waals surface area contributed by atoms with Gasteiger partial charge in [0.15, 0.2) is 0 Å². The number of hydrogen-bond donors (Lipinski definition) is 2. The van der Waals surface area contributed by atoms with Gasteiger partial charge in [-0.2, -0.15) is 0 Å². The molecular formula is C13H21N3OS. The highest BCUT2D eigenvalue weighted by atomic mass is 32.1. The first kappa shape index (κ1) is 13.5. The molecule has 1 aromatic heterocycles. The van der Waals surface area contributed by atoms with E-state index in [0.717, 1.165) is 30.8 Å². The summed E-state index contributed by atoms with van der Waals surface area (Å²) in [5, 5.41) is 9.47. The molecule has 1 saturated heterocycles. The third kappa shape index (κ3) is 3.29. The largest absolute Gasteiger partial charge is 0.347 e. The van der Waals surface area contributed by atoms with E-state index in [9.17, 15) is 4.79 Å². The summed E-state index contributed by atoms with van der Waals surface area (Å²) in [5.41, 5.74) is 0. The highest BCUT2D eigenvalue weighted by Gasteiger charge is 2.26. The molecular weight excluding hydrogens is 246 g/mol. The zero-order valence-electron chi connectivity index (χ0n) is 11.0. The van der Waals surface area contributed by atoms with Crippen molar-refractivity contribution in [3.8, 4) is 0 Å². The molecule has 0 aliphatic carbocycles. The average Bonchev–Trinajstić information content (AvgIpc) is 2.89. The molecule has 1 aliphatic rings. The predicted octanol–water partition coefficient (Wildman–Crippen LogP) is 2.10. The lowest BCUT2D eigenvalue weighted by atomic mass is 9.92. The number of hydrogen-bond acceptors (Lipinski definition) is 4. The maximum Gasteiger partial charge on any atom is 0.223 e. The second-order valence-electron chi connectivity index (χ2n) is 4.92. The molecule has 1 unspecified atom stereocenters. The van der Waals surface area contributed by atoms with Gasteiger partial charge >= 0.3 is 0 Å².